The summed E-state index contributed by atoms with van der Waals surface area (Å²) in [5.74, 6) is -1.13. The van der Waals surface area contributed by atoms with Crippen molar-refractivity contribution in [1.29, 1.82) is 0 Å². The number of hydrogen-bond acceptors (Lipinski definition) is 8. The van der Waals surface area contributed by atoms with E-state index in [1.54, 1.807) is 0 Å². The first-order chi connectivity index (χ1) is 17.3. The van der Waals surface area contributed by atoms with E-state index in [0.29, 0.717) is 12.8 Å². The molecule has 1 amide bonds. The lowest BCUT2D eigenvalue weighted by Gasteiger charge is -2.36. The van der Waals surface area contributed by atoms with E-state index in [1.165, 1.54) is 43.5 Å². The number of aromatic nitrogens is 2. The highest BCUT2D eigenvalue weighted by atomic mass is 19.4. The molecule has 0 aliphatic heterocycles. The van der Waals surface area contributed by atoms with Gasteiger partial charge in [-0.3, -0.25) is 19.4 Å². The molecular formula is C25H26F3N5O4. The zero-order chi connectivity index (χ0) is 27.1. The summed E-state index contributed by atoms with van der Waals surface area (Å²) in [7, 11) is 2.94. The van der Waals surface area contributed by atoms with E-state index < -0.39 is 45.7 Å². The Kier molecular flexibility index (Phi) is 6.70. The Morgan fingerprint density at radius 2 is 1.73 bits per heavy atom. The van der Waals surface area contributed by atoms with Crippen LogP contribution in [0.4, 0.5) is 30.2 Å². The van der Waals surface area contributed by atoms with Gasteiger partial charge in [0.1, 0.15) is 11.4 Å². The lowest BCUT2D eigenvalue weighted by molar-refractivity contribution is -0.138. The molecule has 0 spiro atoms. The van der Waals surface area contributed by atoms with E-state index >= 15 is 0 Å². The van der Waals surface area contributed by atoms with Crippen LogP contribution in [0.5, 0.6) is 5.75 Å². The summed E-state index contributed by atoms with van der Waals surface area (Å²) in [5.41, 5.74) is -4.45. The summed E-state index contributed by atoms with van der Waals surface area (Å²) in [4.78, 5) is 46.5. The van der Waals surface area contributed by atoms with Gasteiger partial charge < -0.3 is 20.6 Å². The third kappa shape index (κ3) is 4.75. The zero-order valence-corrected chi connectivity index (χ0v) is 20.4. The first-order valence-electron chi connectivity index (χ1n) is 11.6. The third-order valence-corrected chi connectivity index (χ3v) is 6.85. The van der Waals surface area contributed by atoms with Gasteiger partial charge >= 0.3 is 6.18 Å². The topological polar surface area (TPSA) is 125 Å². The normalized spacial score (nSPS) is 15.9. The molecule has 196 valence electrons. The Morgan fingerprint density at radius 1 is 1.08 bits per heavy atom. The van der Waals surface area contributed by atoms with Crippen molar-refractivity contribution >= 4 is 23.0 Å². The second kappa shape index (κ2) is 9.49. The fourth-order valence-corrected chi connectivity index (χ4v) is 4.78. The number of hydrogen-bond donors (Lipinski definition) is 3. The average molecular weight is 518 g/mol. The number of carbonyl (C=O) groups excluding carboxylic acids is 1. The Morgan fingerprint density at radius 3 is 2.35 bits per heavy atom. The number of halogens is 3. The van der Waals surface area contributed by atoms with Crippen molar-refractivity contribution in [2.24, 2.45) is 5.41 Å². The first-order valence-corrected chi connectivity index (χ1v) is 11.6. The van der Waals surface area contributed by atoms with Crippen molar-refractivity contribution in [2.75, 3.05) is 24.7 Å². The fraction of sp³-hybridized carbons (Fsp3) is 0.400. The molecule has 2 heterocycles. The quantitative estimate of drug-likeness (QED) is 0.402. The van der Waals surface area contributed by atoms with E-state index in [1.807, 2.05) is 6.92 Å². The van der Waals surface area contributed by atoms with Gasteiger partial charge in [-0.25, -0.2) is 4.98 Å². The number of nitrogens with one attached hydrogen (secondary N) is 2. The Balaban J connectivity index is 1.75. The highest BCUT2D eigenvalue weighted by Crippen LogP contribution is 2.50. The molecule has 4 rings (SSSR count). The van der Waals surface area contributed by atoms with Crippen LogP contribution in [-0.2, 0) is 6.18 Å². The molecule has 1 aliphatic rings. The van der Waals surface area contributed by atoms with Gasteiger partial charge in [-0.1, -0.05) is 19.8 Å². The number of amides is 1. The second-order valence-corrected chi connectivity index (χ2v) is 9.66. The number of aromatic hydroxyl groups is 1. The van der Waals surface area contributed by atoms with Crippen LogP contribution in [0, 0.1) is 5.41 Å². The van der Waals surface area contributed by atoms with Gasteiger partial charge in [0.05, 0.1) is 23.0 Å². The maximum atomic E-state index is 13.9. The Bertz CT molecular complexity index is 1410. The average Bonchev–Trinajstić information content (AvgIpc) is 3.30. The predicted octanol–water partition coefficient (Wildman–Crippen LogP) is 3.98. The number of carbonyl (C=O) groups is 1. The van der Waals surface area contributed by atoms with Crippen molar-refractivity contribution in [3.8, 4) is 5.75 Å². The number of nitrogens with zero attached hydrogens (tertiary/aromatic N) is 3. The fourth-order valence-electron chi connectivity index (χ4n) is 4.78. The van der Waals surface area contributed by atoms with Crippen molar-refractivity contribution in [2.45, 2.75) is 44.8 Å². The molecule has 1 aliphatic carbocycles. The maximum absolute atomic E-state index is 13.9. The summed E-state index contributed by atoms with van der Waals surface area (Å²) in [6.07, 6.45) is 0.614. The van der Waals surface area contributed by atoms with Gasteiger partial charge in [0.25, 0.3) is 16.8 Å². The number of alkyl halides is 3. The molecule has 1 saturated carbocycles. The van der Waals surface area contributed by atoms with Crippen LogP contribution in [0.3, 0.4) is 0 Å². The number of anilines is 3. The minimum Gasteiger partial charge on any atom is -0.504 e. The largest absolute Gasteiger partial charge is 0.504 e. The molecular weight excluding hydrogens is 491 g/mol. The van der Waals surface area contributed by atoms with Crippen molar-refractivity contribution in [3.63, 3.8) is 0 Å². The van der Waals surface area contributed by atoms with Crippen LogP contribution in [0.25, 0.3) is 0 Å². The highest BCUT2D eigenvalue weighted by molar-refractivity contribution is 5.97. The summed E-state index contributed by atoms with van der Waals surface area (Å²) in [6, 6.07) is 2.42. The molecule has 12 heteroatoms. The minimum absolute atomic E-state index is 0.0622. The van der Waals surface area contributed by atoms with E-state index in [4.69, 9.17) is 0 Å². The zero-order valence-electron chi connectivity index (χ0n) is 20.4. The van der Waals surface area contributed by atoms with Crippen LogP contribution >= 0.6 is 0 Å². The molecule has 0 radical (unpaired) electrons. The van der Waals surface area contributed by atoms with Gasteiger partial charge in [0, 0.05) is 26.5 Å². The van der Waals surface area contributed by atoms with Gasteiger partial charge in [-0.05, 0) is 36.5 Å². The summed E-state index contributed by atoms with van der Waals surface area (Å²) < 4.78 is 41.6. The molecule has 9 nitrogen and oxygen atoms in total. The van der Waals surface area contributed by atoms with Crippen molar-refractivity contribution in [3.05, 3.63) is 68.0 Å². The van der Waals surface area contributed by atoms with Crippen LogP contribution in [-0.4, -0.2) is 40.0 Å². The number of rotatable bonds is 7. The van der Waals surface area contributed by atoms with Crippen LogP contribution in [0.2, 0.25) is 0 Å². The monoisotopic (exact) mass is 517 g/mol. The molecule has 3 N–H and O–H groups in total. The first kappa shape index (κ1) is 26.1. The summed E-state index contributed by atoms with van der Waals surface area (Å²) in [6.45, 7) is 1.83. The molecule has 0 bridgehead atoms. The predicted molar refractivity (Wildman–Crippen MR) is 131 cm³/mol. The van der Waals surface area contributed by atoms with Crippen LogP contribution in [0.1, 0.15) is 60.4 Å². The van der Waals surface area contributed by atoms with Crippen LogP contribution in [0.15, 0.2) is 40.2 Å². The van der Waals surface area contributed by atoms with Gasteiger partial charge in [0.2, 0.25) is 0 Å². The maximum Gasteiger partial charge on any atom is 0.418 e. The van der Waals surface area contributed by atoms with E-state index in [2.05, 4.69) is 20.6 Å². The second-order valence-electron chi connectivity index (χ2n) is 9.66. The standard InChI is InChI=1S/C25H26F3N5O4/c1-24(9-4-5-10-24)22(15-13(25(26,27)28)7-6-11-29-15)32-17-16(20(35)21(17)36)31-14-8-12-30-18(19(14)34)23(37)33(2)3/h6-8,11-12,22,32,34H,4-5,9-10H2,1-3H3,(H,30,31)/t22-/m0/s1. The molecule has 1 aromatic carbocycles. The van der Waals surface area contributed by atoms with E-state index in [-0.39, 0.29) is 28.5 Å². The SMILES string of the molecule is CN(C)C(=O)c1nccc(Nc2c(N[C@@H](c3ncccc3C(F)(F)F)C3(C)CCCC3)c(=O)c2=O)c1O. The molecule has 0 saturated heterocycles. The minimum atomic E-state index is -4.68. The Labute approximate surface area is 210 Å². The van der Waals surface area contributed by atoms with Crippen molar-refractivity contribution in [1.82, 2.24) is 14.9 Å². The molecule has 1 atom stereocenters. The molecule has 0 unspecified atom stereocenters. The number of pyridine rings is 2. The molecule has 37 heavy (non-hydrogen) atoms. The van der Waals surface area contributed by atoms with Crippen molar-refractivity contribution < 1.29 is 23.1 Å². The third-order valence-electron chi connectivity index (χ3n) is 6.85. The van der Waals surface area contributed by atoms with Gasteiger partial charge in [-0.15, -0.1) is 0 Å². The van der Waals surface area contributed by atoms with E-state index in [0.717, 1.165) is 18.9 Å². The lowest BCUT2D eigenvalue weighted by atomic mass is 9.77. The summed E-state index contributed by atoms with van der Waals surface area (Å²) >= 11 is 0. The Hall–Kier alpha value is -3.96. The van der Waals surface area contributed by atoms with Gasteiger partial charge in [-0.2, -0.15) is 13.2 Å². The van der Waals surface area contributed by atoms with E-state index in [9.17, 15) is 32.7 Å². The smallest absolute Gasteiger partial charge is 0.418 e. The van der Waals surface area contributed by atoms with Gasteiger partial charge in [0.15, 0.2) is 11.4 Å². The highest BCUT2D eigenvalue weighted by Gasteiger charge is 2.45. The lowest BCUT2D eigenvalue weighted by Crippen LogP contribution is -2.40. The summed E-state index contributed by atoms with van der Waals surface area (Å²) in [5, 5.41) is 16.1. The molecule has 3 aromatic rings. The molecule has 2 aromatic heterocycles. The van der Waals surface area contributed by atoms with Crippen LogP contribution < -0.4 is 21.5 Å². The molecule has 1 fully saturated rings.